The van der Waals surface area contributed by atoms with Crippen LogP contribution in [0, 0.1) is 0 Å². The quantitative estimate of drug-likeness (QED) is 0.455. The fourth-order valence-electron chi connectivity index (χ4n) is 0.495. The van der Waals surface area contributed by atoms with Crippen LogP contribution in [0.1, 0.15) is 13.3 Å². The van der Waals surface area contributed by atoms with Crippen LogP contribution < -0.4 is 5.48 Å². The Bertz CT molecular complexity index is 66.1. The molecule has 1 saturated heterocycles. The Morgan fingerprint density at radius 3 is 2.71 bits per heavy atom. The topological polar surface area (TPSA) is 21.3 Å². The Morgan fingerprint density at radius 1 is 1.86 bits per heavy atom. The fourth-order valence-corrected chi connectivity index (χ4v) is 0.495. The van der Waals surface area contributed by atoms with Gasteiger partial charge in [-0.25, -0.2) is 4.39 Å². The van der Waals surface area contributed by atoms with Crippen molar-refractivity contribution in [3.63, 3.8) is 0 Å². The molecule has 0 aromatic rings. The lowest BCUT2D eigenvalue weighted by Gasteiger charge is -2.07. The van der Waals surface area contributed by atoms with Gasteiger partial charge < -0.3 is 0 Å². The molecular formula is C4H8FNO. The highest BCUT2D eigenvalue weighted by Crippen LogP contribution is 2.15. The van der Waals surface area contributed by atoms with Crippen LogP contribution in [0.3, 0.4) is 0 Å². The fraction of sp³-hybridized carbons (Fsp3) is 1.00. The van der Waals surface area contributed by atoms with Gasteiger partial charge in [-0.1, -0.05) is 0 Å². The molecule has 0 amide bonds. The van der Waals surface area contributed by atoms with Crippen LogP contribution in [0.4, 0.5) is 4.39 Å². The molecule has 1 unspecified atom stereocenters. The van der Waals surface area contributed by atoms with Crippen molar-refractivity contribution in [1.29, 1.82) is 0 Å². The maximum absolute atomic E-state index is 12.4. The molecule has 0 spiro atoms. The molecule has 3 heteroatoms. The molecule has 1 heterocycles. The van der Waals surface area contributed by atoms with Crippen LogP contribution in [-0.4, -0.2) is 12.4 Å². The van der Waals surface area contributed by atoms with E-state index in [0.29, 0.717) is 13.0 Å². The number of hydrogen-bond donors (Lipinski definition) is 1. The summed E-state index contributed by atoms with van der Waals surface area (Å²) in [6.07, 6.45) is 0.451. The maximum Gasteiger partial charge on any atom is 0.182 e. The summed E-state index contributed by atoms with van der Waals surface area (Å²) in [6, 6.07) is 0. The molecule has 0 aromatic carbocycles. The summed E-state index contributed by atoms with van der Waals surface area (Å²) in [5.74, 6) is -1.28. The van der Waals surface area contributed by atoms with E-state index >= 15 is 0 Å². The molecule has 0 saturated carbocycles. The molecule has 0 aromatic heterocycles. The smallest absolute Gasteiger partial charge is 0.182 e. The molecule has 1 fully saturated rings. The minimum atomic E-state index is -1.28. The van der Waals surface area contributed by atoms with Gasteiger partial charge in [-0.2, -0.15) is 5.48 Å². The largest absolute Gasteiger partial charge is 0.299 e. The minimum absolute atomic E-state index is 0.451. The van der Waals surface area contributed by atoms with Crippen LogP contribution in [0.2, 0.25) is 0 Å². The van der Waals surface area contributed by atoms with Gasteiger partial charge in [0.1, 0.15) is 0 Å². The van der Waals surface area contributed by atoms with Crippen molar-refractivity contribution >= 4 is 0 Å². The van der Waals surface area contributed by atoms with Gasteiger partial charge in [0.25, 0.3) is 0 Å². The first-order chi connectivity index (χ1) is 3.21. The monoisotopic (exact) mass is 105 g/mol. The van der Waals surface area contributed by atoms with Crippen LogP contribution in [0.5, 0.6) is 0 Å². The van der Waals surface area contributed by atoms with Gasteiger partial charge in [-0.15, -0.1) is 0 Å². The number of halogens is 1. The Kier molecular flexibility index (Phi) is 1.01. The van der Waals surface area contributed by atoms with E-state index in [2.05, 4.69) is 10.3 Å². The van der Waals surface area contributed by atoms with Crippen molar-refractivity contribution in [3.05, 3.63) is 0 Å². The molecule has 0 bridgehead atoms. The van der Waals surface area contributed by atoms with E-state index in [4.69, 9.17) is 0 Å². The van der Waals surface area contributed by atoms with E-state index in [1.165, 1.54) is 6.92 Å². The first-order valence-corrected chi connectivity index (χ1v) is 2.29. The molecule has 7 heavy (non-hydrogen) atoms. The van der Waals surface area contributed by atoms with Crippen LogP contribution in [0.25, 0.3) is 0 Å². The molecule has 1 N–H and O–H groups in total. The average molecular weight is 105 g/mol. The number of hydrogen-bond acceptors (Lipinski definition) is 2. The highest BCUT2D eigenvalue weighted by atomic mass is 19.1. The molecule has 2 nitrogen and oxygen atoms in total. The summed E-state index contributed by atoms with van der Waals surface area (Å²) in [5.41, 5.74) is 2.23. The lowest BCUT2D eigenvalue weighted by molar-refractivity contribution is 0.0141. The second-order valence-electron chi connectivity index (χ2n) is 1.90. The van der Waals surface area contributed by atoms with Crippen molar-refractivity contribution in [2.75, 3.05) is 6.61 Å². The maximum atomic E-state index is 12.4. The Labute approximate surface area is 41.6 Å². The number of hydroxylamine groups is 1. The van der Waals surface area contributed by atoms with Crippen LogP contribution >= 0.6 is 0 Å². The lowest BCUT2D eigenvalue weighted by Crippen LogP contribution is -2.28. The minimum Gasteiger partial charge on any atom is -0.299 e. The van der Waals surface area contributed by atoms with Gasteiger partial charge in [0, 0.05) is 6.42 Å². The molecule has 1 rings (SSSR count). The highest BCUT2D eigenvalue weighted by Gasteiger charge is 2.27. The summed E-state index contributed by atoms with van der Waals surface area (Å²) in [6.45, 7) is 1.94. The van der Waals surface area contributed by atoms with Gasteiger partial charge in [0.15, 0.2) is 5.79 Å². The zero-order valence-electron chi connectivity index (χ0n) is 4.20. The van der Waals surface area contributed by atoms with Crippen molar-refractivity contribution in [1.82, 2.24) is 5.48 Å². The summed E-state index contributed by atoms with van der Waals surface area (Å²) in [5, 5.41) is 0. The third-order valence-electron chi connectivity index (χ3n) is 0.959. The van der Waals surface area contributed by atoms with Gasteiger partial charge >= 0.3 is 0 Å². The summed E-state index contributed by atoms with van der Waals surface area (Å²) in [4.78, 5) is 4.53. The molecule has 0 aliphatic carbocycles. The number of nitrogens with one attached hydrogen (secondary N) is 1. The van der Waals surface area contributed by atoms with E-state index < -0.39 is 5.79 Å². The van der Waals surface area contributed by atoms with Crippen molar-refractivity contribution in [2.24, 2.45) is 0 Å². The predicted molar refractivity (Wildman–Crippen MR) is 23.2 cm³/mol. The first-order valence-electron chi connectivity index (χ1n) is 2.29. The Hall–Kier alpha value is -0.150. The number of alkyl halides is 1. The zero-order valence-corrected chi connectivity index (χ0v) is 4.20. The number of rotatable bonds is 0. The third-order valence-corrected chi connectivity index (χ3v) is 0.959. The van der Waals surface area contributed by atoms with E-state index in [0.717, 1.165) is 0 Å². The summed E-state index contributed by atoms with van der Waals surface area (Å²) < 4.78 is 12.4. The van der Waals surface area contributed by atoms with E-state index in [1.807, 2.05) is 0 Å². The van der Waals surface area contributed by atoms with Crippen LogP contribution in [-0.2, 0) is 4.84 Å². The second kappa shape index (κ2) is 1.42. The first kappa shape index (κ1) is 5.00. The van der Waals surface area contributed by atoms with Gasteiger partial charge in [0.05, 0.1) is 6.61 Å². The SMILES string of the molecule is CC1(F)CCON1. The summed E-state index contributed by atoms with van der Waals surface area (Å²) in [7, 11) is 0. The van der Waals surface area contributed by atoms with Crippen molar-refractivity contribution < 1.29 is 9.23 Å². The lowest BCUT2D eigenvalue weighted by atomic mass is 10.2. The summed E-state index contributed by atoms with van der Waals surface area (Å²) >= 11 is 0. The van der Waals surface area contributed by atoms with Crippen molar-refractivity contribution in [2.45, 2.75) is 19.1 Å². The van der Waals surface area contributed by atoms with Crippen LogP contribution in [0.15, 0.2) is 0 Å². The van der Waals surface area contributed by atoms with Crippen molar-refractivity contribution in [3.8, 4) is 0 Å². The molecule has 1 aliphatic heterocycles. The van der Waals surface area contributed by atoms with E-state index in [9.17, 15) is 4.39 Å². The van der Waals surface area contributed by atoms with E-state index in [1.54, 1.807) is 0 Å². The highest BCUT2D eigenvalue weighted by molar-refractivity contribution is 4.68. The molecular weight excluding hydrogens is 97.0 g/mol. The second-order valence-corrected chi connectivity index (χ2v) is 1.90. The predicted octanol–water partition coefficient (Wildman–Crippen LogP) is 0.597. The normalized spacial score (nSPS) is 42.0. The molecule has 1 atom stereocenters. The molecule has 0 radical (unpaired) electrons. The average Bonchev–Trinajstić information content (AvgIpc) is 1.84. The van der Waals surface area contributed by atoms with E-state index in [-0.39, 0.29) is 0 Å². The Morgan fingerprint density at radius 2 is 2.57 bits per heavy atom. The molecule has 1 aliphatic rings. The van der Waals surface area contributed by atoms with Gasteiger partial charge in [-0.3, -0.25) is 4.84 Å². The van der Waals surface area contributed by atoms with Gasteiger partial charge in [-0.05, 0) is 6.92 Å². The van der Waals surface area contributed by atoms with Gasteiger partial charge in [0.2, 0.25) is 0 Å². The molecule has 42 valence electrons. The zero-order chi connectivity index (χ0) is 5.33. The Balaban J connectivity index is 2.40. The standard InChI is InChI=1S/C4H8FNO/c1-4(5)2-3-7-6-4/h6H,2-3H2,1H3. The third kappa shape index (κ3) is 1.11.